The maximum absolute atomic E-state index is 5.14. The number of benzene rings is 8. The second kappa shape index (κ2) is 14.1. The Labute approximate surface area is 338 Å². The first kappa shape index (κ1) is 33.7. The summed E-state index contributed by atoms with van der Waals surface area (Å²) in [6.45, 7) is 0. The highest BCUT2D eigenvalue weighted by molar-refractivity contribution is 6.08. The summed E-state index contributed by atoms with van der Waals surface area (Å²) >= 11 is 0. The number of hydrogen-bond donors (Lipinski definition) is 0. The van der Waals surface area contributed by atoms with Crippen molar-refractivity contribution >= 4 is 10.9 Å². The molecule has 272 valence electrons. The lowest BCUT2D eigenvalue weighted by Crippen LogP contribution is -2.06. The zero-order valence-electron chi connectivity index (χ0n) is 31.7. The van der Waals surface area contributed by atoms with Crippen LogP contribution in [0.25, 0.3) is 84.0 Å². The molecule has 10 aromatic rings. The van der Waals surface area contributed by atoms with Gasteiger partial charge < -0.3 is 4.57 Å². The van der Waals surface area contributed by atoms with E-state index in [9.17, 15) is 0 Å². The topological polar surface area (TPSA) is 30.7 Å². The maximum atomic E-state index is 5.14. The van der Waals surface area contributed by atoms with Crippen LogP contribution in [-0.4, -0.2) is 14.5 Å². The SMILES string of the molecule is c1ccc(-c2cc(-c3cccc(-c4cccc(C5c6ccccc6-c6c(n(-c7ccccc7)c7ccccc67)-c6ccccc65)c4)c3)nc(-c3ccccc3)n2)cc1. The average Bonchev–Trinajstić information content (AvgIpc) is 3.59. The Hall–Kier alpha value is -7.62. The Kier molecular flexibility index (Phi) is 8.22. The molecule has 0 fully saturated rings. The average molecular weight is 740 g/mol. The molecule has 0 saturated carbocycles. The van der Waals surface area contributed by atoms with E-state index in [4.69, 9.17) is 9.97 Å². The third kappa shape index (κ3) is 5.75. The Morgan fingerprint density at radius 2 is 0.914 bits per heavy atom. The summed E-state index contributed by atoms with van der Waals surface area (Å²) in [6, 6.07) is 78.3. The molecule has 3 nitrogen and oxygen atoms in total. The van der Waals surface area contributed by atoms with Crippen molar-refractivity contribution in [2.24, 2.45) is 0 Å². The van der Waals surface area contributed by atoms with Crippen molar-refractivity contribution in [1.82, 2.24) is 14.5 Å². The normalized spacial score (nSPS) is 13.0. The number of nitrogens with zero attached hydrogens (tertiary/aromatic N) is 3. The van der Waals surface area contributed by atoms with Crippen molar-refractivity contribution in [3.63, 3.8) is 0 Å². The van der Waals surface area contributed by atoms with E-state index in [1.54, 1.807) is 0 Å². The van der Waals surface area contributed by atoms with Gasteiger partial charge in [-0.2, -0.15) is 0 Å². The lowest BCUT2D eigenvalue weighted by molar-refractivity contribution is 0.985. The Bertz CT molecular complexity index is 3050. The number of para-hydroxylation sites is 2. The molecule has 2 aromatic heterocycles. The van der Waals surface area contributed by atoms with Crippen molar-refractivity contribution < 1.29 is 0 Å². The molecular weight excluding hydrogens is 703 g/mol. The molecule has 0 aliphatic heterocycles. The van der Waals surface area contributed by atoms with Crippen LogP contribution < -0.4 is 0 Å². The molecule has 3 heteroatoms. The van der Waals surface area contributed by atoms with E-state index < -0.39 is 0 Å². The summed E-state index contributed by atoms with van der Waals surface area (Å²) in [5, 5.41) is 1.25. The van der Waals surface area contributed by atoms with Crippen molar-refractivity contribution in [2.75, 3.05) is 0 Å². The molecule has 0 amide bonds. The van der Waals surface area contributed by atoms with Gasteiger partial charge in [0.1, 0.15) is 0 Å². The van der Waals surface area contributed by atoms with E-state index in [1.807, 2.05) is 24.3 Å². The van der Waals surface area contributed by atoms with Crippen molar-refractivity contribution in [3.8, 4) is 73.1 Å². The predicted octanol–water partition coefficient (Wildman–Crippen LogP) is 13.9. The molecule has 0 spiro atoms. The van der Waals surface area contributed by atoms with Crippen molar-refractivity contribution in [1.29, 1.82) is 0 Å². The van der Waals surface area contributed by atoms with Crippen LogP contribution in [0.2, 0.25) is 0 Å². The highest BCUT2D eigenvalue weighted by Gasteiger charge is 2.32. The summed E-state index contributed by atoms with van der Waals surface area (Å²) < 4.78 is 2.46. The van der Waals surface area contributed by atoms with Crippen LogP contribution in [-0.2, 0) is 0 Å². The van der Waals surface area contributed by atoms with E-state index in [2.05, 4.69) is 199 Å². The summed E-state index contributed by atoms with van der Waals surface area (Å²) in [5.74, 6) is 0.721. The molecule has 0 bridgehead atoms. The molecule has 0 N–H and O–H groups in total. The minimum absolute atomic E-state index is 0.00893. The van der Waals surface area contributed by atoms with Gasteiger partial charge in [0.05, 0.1) is 22.6 Å². The number of aromatic nitrogens is 3. The first-order chi connectivity index (χ1) is 28.8. The lowest BCUT2D eigenvalue weighted by atomic mass is 9.81. The second-order valence-electron chi connectivity index (χ2n) is 14.9. The zero-order valence-corrected chi connectivity index (χ0v) is 31.7. The number of fused-ring (bicyclic) bond motifs is 7. The maximum Gasteiger partial charge on any atom is 0.160 e. The lowest BCUT2D eigenvalue weighted by Gasteiger charge is -2.22. The highest BCUT2D eigenvalue weighted by atomic mass is 15.0. The quantitative estimate of drug-likeness (QED) is 0.170. The molecule has 8 aromatic carbocycles. The van der Waals surface area contributed by atoms with Crippen molar-refractivity contribution in [2.45, 2.75) is 5.92 Å². The van der Waals surface area contributed by atoms with Gasteiger partial charge >= 0.3 is 0 Å². The summed E-state index contributed by atoms with van der Waals surface area (Å²) in [4.78, 5) is 10.2. The van der Waals surface area contributed by atoms with E-state index >= 15 is 0 Å². The first-order valence-corrected chi connectivity index (χ1v) is 19.9. The minimum atomic E-state index is 0.00893. The van der Waals surface area contributed by atoms with Crippen LogP contribution >= 0.6 is 0 Å². The van der Waals surface area contributed by atoms with Gasteiger partial charge in [0.2, 0.25) is 0 Å². The van der Waals surface area contributed by atoms with E-state index in [1.165, 1.54) is 50.0 Å². The van der Waals surface area contributed by atoms with Gasteiger partial charge in [-0.1, -0.05) is 188 Å². The van der Waals surface area contributed by atoms with Crippen LogP contribution in [0.15, 0.2) is 218 Å². The molecule has 1 aliphatic carbocycles. The molecule has 0 saturated heterocycles. The van der Waals surface area contributed by atoms with Gasteiger partial charge in [-0.05, 0) is 63.7 Å². The number of hydrogen-bond acceptors (Lipinski definition) is 2. The van der Waals surface area contributed by atoms with Crippen LogP contribution in [0.1, 0.15) is 22.6 Å². The molecule has 0 radical (unpaired) electrons. The van der Waals surface area contributed by atoms with Gasteiger partial charge in [-0.3, -0.25) is 0 Å². The van der Waals surface area contributed by atoms with Gasteiger partial charge in [0, 0.05) is 44.8 Å². The third-order valence-electron chi connectivity index (χ3n) is 11.5. The van der Waals surface area contributed by atoms with Gasteiger partial charge in [0.25, 0.3) is 0 Å². The first-order valence-electron chi connectivity index (χ1n) is 19.9. The van der Waals surface area contributed by atoms with Crippen LogP contribution in [0.5, 0.6) is 0 Å². The summed E-state index contributed by atoms with van der Waals surface area (Å²) in [6.07, 6.45) is 0. The van der Waals surface area contributed by atoms with Crippen molar-refractivity contribution in [3.05, 3.63) is 235 Å². The smallest absolute Gasteiger partial charge is 0.160 e. The molecule has 58 heavy (non-hydrogen) atoms. The van der Waals surface area contributed by atoms with Crippen LogP contribution in [0.4, 0.5) is 0 Å². The van der Waals surface area contributed by atoms with Gasteiger partial charge in [0.15, 0.2) is 5.82 Å². The number of rotatable bonds is 6. The second-order valence-corrected chi connectivity index (χ2v) is 14.9. The molecule has 1 aliphatic rings. The highest BCUT2D eigenvalue weighted by Crippen LogP contribution is 2.52. The minimum Gasteiger partial charge on any atom is -0.309 e. The monoisotopic (exact) mass is 739 g/mol. The van der Waals surface area contributed by atoms with Gasteiger partial charge in [-0.25, -0.2) is 9.97 Å². The fraction of sp³-hybridized carbons (Fsp3) is 0.0182. The Balaban J connectivity index is 1.07. The molecule has 1 atom stereocenters. The molecule has 11 rings (SSSR count). The molecular formula is C55H37N3. The van der Waals surface area contributed by atoms with Crippen LogP contribution in [0, 0.1) is 0 Å². The standard InChI is InChI=1S/C55H37N3/c1-4-18-37(19-5-1)49-36-50(57-55(56-49)38-20-6-2-7-21-38)41-24-16-22-39(34-41)40-23-17-25-42(35-40)52-44-28-10-11-29-45(44)53-48-32-14-15-33-51(48)58(43-26-8-3-9-27-43)54(53)47-31-13-12-30-46(47)52/h1-36,52H. The fourth-order valence-corrected chi connectivity index (χ4v) is 8.90. The third-order valence-corrected chi connectivity index (χ3v) is 11.5. The largest absolute Gasteiger partial charge is 0.309 e. The summed E-state index contributed by atoms with van der Waals surface area (Å²) in [7, 11) is 0. The molecule has 1 unspecified atom stereocenters. The van der Waals surface area contributed by atoms with E-state index in [-0.39, 0.29) is 5.92 Å². The zero-order chi connectivity index (χ0) is 38.4. The van der Waals surface area contributed by atoms with E-state index in [0.29, 0.717) is 5.82 Å². The van der Waals surface area contributed by atoms with E-state index in [0.717, 1.165) is 44.9 Å². The molecule has 2 heterocycles. The predicted molar refractivity (Wildman–Crippen MR) is 239 cm³/mol. The Morgan fingerprint density at radius 3 is 1.67 bits per heavy atom. The van der Waals surface area contributed by atoms with Crippen LogP contribution in [0.3, 0.4) is 0 Å². The Morgan fingerprint density at radius 1 is 0.379 bits per heavy atom. The fourth-order valence-electron chi connectivity index (χ4n) is 8.90. The van der Waals surface area contributed by atoms with Gasteiger partial charge in [-0.15, -0.1) is 0 Å². The summed E-state index contributed by atoms with van der Waals surface area (Å²) in [5.41, 5.74) is 18.4.